The molecule has 1 saturated heterocycles. The molecule has 0 unspecified atom stereocenters. The minimum atomic E-state index is -0.309. The second-order valence-electron chi connectivity index (χ2n) is 3.84. The summed E-state index contributed by atoms with van der Waals surface area (Å²) in [6.07, 6.45) is 0.949. The van der Waals surface area contributed by atoms with Crippen LogP contribution < -0.4 is 4.74 Å². The molecule has 1 aromatic carbocycles. The Bertz CT molecular complexity index is 359. The van der Waals surface area contributed by atoms with E-state index in [9.17, 15) is 0 Å². The van der Waals surface area contributed by atoms with Gasteiger partial charge in [-0.2, -0.15) is 0 Å². The summed E-state index contributed by atoms with van der Waals surface area (Å²) >= 11 is 6.39. The smallest absolute Gasteiger partial charge is 0.122 e. The van der Waals surface area contributed by atoms with Crippen molar-refractivity contribution in [3.05, 3.63) is 29.3 Å². The van der Waals surface area contributed by atoms with Crippen molar-refractivity contribution < 1.29 is 9.47 Å². The third-order valence-electron chi connectivity index (χ3n) is 2.84. The van der Waals surface area contributed by atoms with Crippen molar-refractivity contribution in [2.45, 2.75) is 18.2 Å². The molecular formula is C12H15ClO2. The van der Waals surface area contributed by atoms with Gasteiger partial charge in [-0.05, 0) is 23.6 Å². The predicted molar refractivity (Wildman–Crippen MR) is 60.7 cm³/mol. The van der Waals surface area contributed by atoms with E-state index < -0.39 is 0 Å². The molecule has 1 aliphatic heterocycles. The second-order valence-corrected chi connectivity index (χ2v) is 4.56. The molecule has 0 aliphatic carbocycles. The van der Waals surface area contributed by atoms with Crippen LogP contribution >= 0.6 is 11.6 Å². The number of hydrogen-bond acceptors (Lipinski definition) is 2. The maximum absolute atomic E-state index is 6.39. The van der Waals surface area contributed by atoms with E-state index in [0.717, 1.165) is 17.7 Å². The highest BCUT2D eigenvalue weighted by atomic mass is 35.5. The van der Waals surface area contributed by atoms with E-state index >= 15 is 0 Å². The molecule has 82 valence electrons. The first-order valence-corrected chi connectivity index (χ1v) is 5.51. The molecule has 1 aliphatic rings. The van der Waals surface area contributed by atoms with Crippen LogP contribution in [0.1, 0.15) is 18.1 Å². The number of rotatable bonds is 3. The Morgan fingerprint density at radius 2 is 2.20 bits per heavy atom. The molecule has 2 nitrogen and oxygen atoms in total. The monoisotopic (exact) mass is 226 g/mol. The van der Waals surface area contributed by atoms with Gasteiger partial charge in [0, 0.05) is 0 Å². The van der Waals surface area contributed by atoms with Crippen molar-refractivity contribution in [1.82, 2.24) is 0 Å². The van der Waals surface area contributed by atoms with Gasteiger partial charge in [-0.25, -0.2) is 0 Å². The van der Waals surface area contributed by atoms with Crippen LogP contribution in [-0.4, -0.2) is 20.3 Å². The lowest BCUT2D eigenvalue weighted by atomic mass is 9.94. The lowest BCUT2D eigenvalue weighted by Crippen LogP contribution is -2.41. The number of methoxy groups -OCH3 is 1. The van der Waals surface area contributed by atoms with Gasteiger partial charge in [0.2, 0.25) is 0 Å². The Morgan fingerprint density at radius 3 is 2.67 bits per heavy atom. The van der Waals surface area contributed by atoms with Gasteiger partial charge in [-0.15, -0.1) is 11.6 Å². The molecule has 1 fully saturated rings. The highest BCUT2D eigenvalue weighted by Gasteiger charge is 2.38. The summed E-state index contributed by atoms with van der Waals surface area (Å²) in [6, 6.07) is 6.12. The normalized spacial score (nSPS) is 18.3. The van der Waals surface area contributed by atoms with Crippen LogP contribution in [0, 0.1) is 0 Å². The van der Waals surface area contributed by atoms with Gasteiger partial charge in [0.15, 0.2) is 0 Å². The second kappa shape index (κ2) is 4.03. The first kappa shape index (κ1) is 10.8. The van der Waals surface area contributed by atoms with Crippen LogP contribution in [0.15, 0.2) is 18.2 Å². The average molecular weight is 227 g/mol. The summed E-state index contributed by atoms with van der Waals surface area (Å²) in [5.74, 6) is 0.932. The molecule has 0 N–H and O–H groups in total. The zero-order chi connectivity index (χ0) is 10.9. The number of benzene rings is 1. The Kier molecular flexibility index (Phi) is 2.89. The predicted octanol–water partition coefficient (Wildman–Crippen LogP) is 2.72. The van der Waals surface area contributed by atoms with Crippen LogP contribution in [0.25, 0.3) is 0 Å². The summed E-state index contributed by atoms with van der Waals surface area (Å²) in [4.78, 5) is -0.309. The SMILES string of the molecule is CCc1cc(C2(Cl)COC2)ccc1OC. The Balaban J connectivity index is 2.34. The van der Waals surface area contributed by atoms with Crippen LogP contribution in [0.2, 0.25) is 0 Å². The third-order valence-corrected chi connectivity index (χ3v) is 3.28. The van der Waals surface area contributed by atoms with Gasteiger partial charge in [-0.1, -0.05) is 19.1 Å². The van der Waals surface area contributed by atoms with Gasteiger partial charge in [0.05, 0.1) is 20.3 Å². The molecular weight excluding hydrogens is 212 g/mol. The number of hydrogen-bond donors (Lipinski definition) is 0. The van der Waals surface area contributed by atoms with Crippen molar-refractivity contribution in [2.75, 3.05) is 20.3 Å². The summed E-state index contributed by atoms with van der Waals surface area (Å²) in [7, 11) is 1.69. The van der Waals surface area contributed by atoms with Crippen LogP contribution in [0.3, 0.4) is 0 Å². The van der Waals surface area contributed by atoms with Crippen LogP contribution in [-0.2, 0) is 16.0 Å². The van der Waals surface area contributed by atoms with Gasteiger partial charge < -0.3 is 9.47 Å². The molecule has 0 amide bonds. The Labute approximate surface area is 95.1 Å². The average Bonchev–Trinajstić information content (AvgIpc) is 2.25. The lowest BCUT2D eigenvalue weighted by Gasteiger charge is -2.36. The topological polar surface area (TPSA) is 18.5 Å². The maximum Gasteiger partial charge on any atom is 0.122 e. The molecule has 0 spiro atoms. The molecule has 3 heteroatoms. The van der Waals surface area contributed by atoms with E-state index in [-0.39, 0.29) is 4.87 Å². The summed E-state index contributed by atoms with van der Waals surface area (Å²) in [5.41, 5.74) is 2.33. The first-order chi connectivity index (χ1) is 7.19. The van der Waals surface area contributed by atoms with E-state index in [2.05, 4.69) is 13.0 Å². The number of halogens is 1. The van der Waals surface area contributed by atoms with E-state index in [1.807, 2.05) is 12.1 Å². The molecule has 0 aromatic heterocycles. The van der Waals surface area contributed by atoms with Gasteiger partial charge in [0.1, 0.15) is 10.6 Å². The van der Waals surface area contributed by atoms with E-state index in [1.165, 1.54) is 5.56 Å². The molecule has 0 radical (unpaired) electrons. The zero-order valence-electron chi connectivity index (χ0n) is 9.05. The molecule has 1 aromatic rings. The van der Waals surface area contributed by atoms with Crippen molar-refractivity contribution >= 4 is 11.6 Å². The van der Waals surface area contributed by atoms with E-state index in [4.69, 9.17) is 21.1 Å². The fraction of sp³-hybridized carbons (Fsp3) is 0.500. The van der Waals surface area contributed by atoms with Crippen molar-refractivity contribution in [1.29, 1.82) is 0 Å². The zero-order valence-corrected chi connectivity index (χ0v) is 9.80. The van der Waals surface area contributed by atoms with E-state index in [1.54, 1.807) is 7.11 Å². The number of ether oxygens (including phenoxy) is 2. The Morgan fingerprint density at radius 1 is 1.47 bits per heavy atom. The molecule has 0 saturated carbocycles. The van der Waals surface area contributed by atoms with Crippen molar-refractivity contribution in [2.24, 2.45) is 0 Å². The fourth-order valence-corrected chi connectivity index (χ4v) is 2.05. The van der Waals surface area contributed by atoms with E-state index in [0.29, 0.717) is 13.2 Å². The van der Waals surface area contributed by atoms with Crippen molar-refractivity contribution in [3.8, 4) is 5.75 Å². The van der Waals surface area contributed by atoms with Gasteiger partial charge >= 0.3 is 0 Å². The highest BCUT2D eigenvalue weighted by Crippen LogP contribution is 2.38. The van der Waals surface area contributed by atoms with Gasteiger partial charge in [0.25, 0.3) is 0 Å². The maximum atomic E-state index is 6.39. The third kappa shape index (κ3) is 1.84. The summed E-state index contributed by atoms with van der Waals surface area (Å²) < 4.78 is 10.4. The van der Waals surface area contributed by atoms with Crippen LogP contribution in [0.4, 0.5) is 0 Å². The van der Waals surface area contributed by atoms with Crippen LogP contribution in [0.5, 0.6) is 5.75 Å². The number of alkyl halides is 1. The minimum absolute atomic E-state index is 0.309. The lowest BCUT2D eigenvalue weighted by molar-refractivity contribution is -0.0152. The van der Waals surface area contributed by atoms with Gasteiger partial charge in [-0.3, -0.25) is 0 Å². The molecule has 2 rings (SSSR count). The largest absolute Gasteiger partial charge is 0.496 e. The number of aryl methyl sites for hydroxylation is 1. The Hall–Kier alpha value is -0.730. The molecule has 15 heavy (non-hydrogen) atoms. The summed E-state index contributed by atoms with van der Waals surface area (Å²) in [5, 5.41) is 0. The quantitative estimate of drug-likeness (QED) is 0.738. The first-order valence-electron chi connectivity index (χ1n) is 5.13. The molecule has 1 heterocycles. The molecule has 0 bridgehead atoms. The molecule has 0 atom stereocenters. The standard InChI is InChI=1S/C12H15ClO2/c1-3-9-6-10(4-5-11(9)14-2)12(13)7-15-8-12/h4-6H,3,7-8H2,1-2H3. The summed E-state index contributed by atoms with van der Waals surface area (Å²) in [6.45, 7) is 3.31. The van der Waals surface area contributed by atoms with Crippen molar-refractivity contribution in [3.63, 3.8) is 0 Å². The fourth-order valence-electron chi connectivity index (χ4n) is 1.78. The highest BCUT2D eigenvalue weighted by molar-refractivity contribution is 6.24. The minimum Gasteiger partial charge on any atom is -0.496 e.